The second-order valence-electron chi connectivity index (χ2n) is 5.16. The van der Waals surface area contributed by atoms with Crippen molar-refractivity contribution in [1.29, 1.82) is 0 Å². The van der Waals surface area contributed by atoms with Gasteiger partial charge >= 0.3 is 6.18 Å². The number of alkyl halides is 3. The minimum Gasteiger partial charge on any atom is -0.379 e. The quantitative estimate of drug-likeness (QED) is 0.478. The van der Waals surface area contributed by atoms with E-state index in [2.05, 4.69) is 4.99 Å². The van der Waals surface area contributed by atoms with E-state index in [4.69, 9.17) is 5.73 Å². The van der Waals surface area contributed by atoms with E-state index >= 15 is 0 Å². The van der Waals surface area contributed by atoms with E-state index in [1.807, 2.05) is 0 Å². The Labute approximate surface area is 143 Å². The molecule has 0 fully saturated rings. The number of amidine groups is 1. The molecule has 0 amide bonds. The molecule has 0 saturated heterocycles. The maximum Gasteiger partial charge on any atom is 0.417 e. The van der Waals surface area contributed by atoms with Crippen LogP contribution in [0.4, 0.5) is 18.9 Å². The van der Waals surface area contributed by atoms with Gasteiger partial charge in [-0.1, -0.05) is 18.2 Å². The highest BCUT2D eigenvalue weighted by molar-refractivity contribution is 8.32. The molecule has 0 aromatic heterocycles. The van der Waals surface area contributed by atoms with Crippen LogP contribution in [0.5, 0.6) is 0 Å². The molecule has 1 unspecified atom stereocenters. The van der Waals surface area contributed by atoms with Gasteiger partial charge in [-0.15, -0.1) is 10.9 Å². The molecule has 0 spiro atoms. The van der Waals surface area contributed by atoms with Crippen LogP contribution in [-0.4, -0.2) is 10.1 Å². The van der Waals surface area contributed by atoms with Crippen LogP contribution in [0.25, 0.3) is 11.1 Å². The summed E-state index contributed by atoms with van der Waals surface area (Å²) in [4.78, 5) is 14.7. The molecule has 1 aliphatic rings. The van der Waals surface area contributed by atoms with Gasteiger partial charge in [0, 0.05) is 17.8 Å². The summed E-state index contributed by atoms with van der Waals surface area (Å²) in [6, 6.07) is 9.11. The monoisotopic (exact) mass is 367 g/mol. The van der Waals surface area contributed by atoms with E-state index in [9.17, 15) is 23.3 Å². The maximum absolute atomic E-state index is 13.6. The van der Waals surface area contributed by atoms with Crippen LogP contribution in [0.15, 0.2) is 64.0 Å². The minimum absolute atomic E-state index is 0.0808. The minimum atomic E-state index is -4.67. The summed E-state index contributed by atoms with van der Waals surface area (Å²) in [5.74, 6) is 0. The molecule has 9 heteroatoms. The molecule has 2 aromatic rings. The number of aliphatic imine (C=N–C) groups is 1. The topological polar surface area (TPSA) is 81.5 Å². The molecule has 25 heavy (non-hydrogen) atoms. The van der Waals surface area contributed by atoms with Crippen LogP contribution in [0.1, 0.15) is 5.56 Å². The maximum atomic E-state index is 13.6. The number of nitrogens with zero attached hydrogens (tertiary/aromatic N) is 2. The van der Waals surface area contributed by atoms with Crippen molar-refractivity contribution in [2.24, 2.45) is 10.7 Å². The van der Waals surface area contributed by atoms with Crippen LogP contribution < -0.4 is 5.73 Å². The third-order valence-corrected chi connectivity index (χ3v) is 5.52. The molecule has 1 aliphatic heterocycles. The fourth-order valence-electron chi connectivity index (χ4n) is 2.55. The van der Waals surface area contributed by atoms with Gasteiger partial charge in [-0.2, -0.15) is 13.2 Å². The van der Waals surface area contributed by atoms with Crippen molar-refractivity contribution in [2.45, 2.75) is 11.1 Å². The summed E-state index contributed by atoms with van der Waals surface area (Å²) in [6.07, 6.45) is -3.20. The molecule has 130 valence electrons. The van der Waals surface area contributed by atoms with Gasteiger partial charge in [0.15, 0.2) is 0 Å². The lowest BCUT2D eigenvalue weighted by Gasteiger charge is -2.18. The van der Waals surface area contributed by atoms with Crippen LogP contribution in [0.2, 0.25) is 0 Å². The number of nitro groups is 1. The molecule has 0 bridgehead atoms. The Morgan fingerprint density at radius 3 is 2.44 bits per heavy atom. The summed E-state index contributed by atoms with van der Waals surface area (Å²) < 4.78 is 40.8. The molecule has 5 nitrogen and oxygen atoms in total. The Bertz CT molecular complexity index is 910. The third kappa shape index (κ3) is 3.22. The van der Waals surface area contributed by atoms with Crippen molar-refractivity contribution in [2.75, 3.05) is 0 Å². The molecule has 0 saturated carbocycles. The highest BCUT2D eigenvalue weighted by atomic mass is 32.2. The van der Waals surface area contributed by atoms with E-state index in [1.165, 1.54) is 42.6 Å². The second kappa shape index (κ2) is 6.25. The first-order chi connectivity index (χ1) is 11.8. The summed E-state index contributed by atoms with van der Waals surface area (Å²) in [6.45, 7) is 0. The zero-order valence-electron chi connectivity index (χ0n) is 12.6. The Hall–Kier alpha value is -2.81. The van der Waals surface area contributed by atoms with Gasteiger partial charge in [-0.3, -0.25) is 10.1 Å². The van der Waals surface area contributed by atoms with Crippen molar-refractivity contribution < 1.29 is 18.1 Å². The number of rotatable bonds is 3. The number of halogens is 3. The number of nitrogens with two attached hydrogens (primary N) is 1. The van der Waals surface area contributed by atoms with Crippen LogP contribution in [-0.2, 0) is 6.18 Å². The van der Waals surface area contributed by atoms with E-state index in [-0.39, 0.29) is 22.0 Å². The number of thiol groups is 1. The van der Waals surface area contributed by atoms with E-state index < -0.39 is 27.6 Å². The van der Waals surface area contributed by atoms with Gasteiger partial charge in [0.25, 0.3) is 5.69 Å². The van der Waals surface area contributed by atoms with Gasteiger partial charge in [0.05, 0.1) is 16.1 Å². The molecule has 3 rings (SSSR count). The Kier molecular flexibility index (Phi) is 4.25. The van der Waals surface area contributed by atoms with Crippen LogP contribution >= 0.6 is 10.9 Å². The number of hydrogen-bond donors (Lipinski definition) is 2. The molecule has 2 aromatic carbocycles. The summed E-state index contributed by atoms with van der Waals surface area (Å²) in [5.41, 5.74) is 4.09. The fourth-order valence-corrected chi connectivity index (χ4v) is 4.03. The molecule has 0 radical (unpaired) electrons. The van der Waals surface area contributed by atoms with Gasteiger partial charge in [0.1, 0.15) is 5.17 Å². The summed E-state index contributed by atoms with van der Waals surface area (Å²) in [7, 11) is -1.25. The van der Waals surface area contributed by atoms with Crippen molar-refractivity contribution in [3.05, 3.63) is 69.8 Å². The standard InChI is InChI=1S/C16H12F3N3O2S/c17-16(18,19)13-9-10(25-8-7-21-15(25)20)5-6-11(13)12-3-1-2-4-14(12)22(23)24/h1-9,25H,(H2,20,21). The molecule has 1 atom stereocenters. The zero-order valence-corrected chi connectivity index (χ0v) is 13.5. The highest BCUT2D eigenvalue weighted by Gasteiger charge is 2.36. The molecular weight excluding hydrogens is 355 g/mol. The predicted molar refractivity (Wildman–Crippen MR) is 91.5 cm³/mol. The van der Waals surface area contributed by atoms with E-state index in [0.717, 1.165) is 6.07 Å². The van der Waals surface area contributed by atoms with Crippen molar-refractivity contribution in [1.82, 2.24) is 0 Å². The first-order valence-electron chi connectivity index (χ1n) is 7.03. The van der Waals surface area contributed by atoms with E-state index in [1.54, 1.807) is 5.41 Å². The second-order valence-corrected chi connectivity index (χ2v) is 7.17. The first-order valence-corrected chi connectivity index (χ1v) is 8.44. The Morgan fingerprint density at radius 2 is 1.84 bits per heavy atom. The SMILES string of the molecule is NC1=NC=C[SH]1c1ccc(-c2ccccc2[N+](=O)[O-])c(C(F)(F)F)c1. The predicted octanol–water partition coefficient (Wildman–Crippen LogP) is 4.44. The van der Waals surface area contributed by atoms with Gasteiger partial charge in [-0.25, -0.2) is 4.99 Å². The normalized spacial score (nSPS) is 18.2. The lowest BCUT2D eigenvalue weighted by atomic mass is 9.98. The average molecular weight is 367 g/mol. The van der Waals surface area contributed by atoms with Crippen molar-refractivity contribution in [3.8, 4) is 11.1 Å². The number of hydrogen-bond acceptors (Lipinski definition) is 4. The molecule has 1 heterocycles. The number of nitro benzene ring substituents is 1. The smallest absolute Gasteiger partial charge is 0.379 e. The lowest BCUT2D eigenvalue weighted by molar-refractivity contribution is -0.384. The first kappa shape index (κ1) is 17.0. The Balaban J connectivity index is 2.20. The summed E-state index contributed by atoms with van der Waals surface area (Å²) in [5, 5.41) is 13.1. The third-order valence-electron chi connectivity index (χ3n) is 3.65. The average Bonchev–Trinajstić information content (AvgIpc) is 2.99. The van der Waals surface area contributed by atoms with Crippen LogP contribution in [0.3, 0.4) is 0 Å². The highest BCUT2D eigenvalue weighted by Crippen LogP contribution is 2.46. The number of para-hydroxylation sites is 1. The van der Waals surface area contributed by atoms with Crippen LogP contribution in [0, 0.1) is 10.1 Å². The largest absolute Gasteiger partial charge is 0.417 e. The zero-order chi connectivity index (χ0) is 18.2. The fraction of sp³-hybridized carbons (Fsp3) is 0.0625. The molecule has 0 aliphatic carbocycles. The van der Waals surface area contributed by atoms with E-state index in [0.29, 0.717) is 4.90 Å². The molecule has 2 N–H and O–H groups in total. The van der Waals surface area contributed by atoms with Gasteiger partial charge in [0.2, 0.25) is 0 Å². The van der Waals surface area contributed by atoms with Gasteiger partial charge < -0.3 is 5.73 Å². The summed E-state index contributed by atoms with van der Waals surface area (Å²) >= 11 is 0. The molecular formula is C16H12F3N3O2S. The Morgan fingerprint density at radius 1 is 1.12 bits per heavy atom. The van der Waals surface area contributed by atoms with Gasteiger partial charge in [-0.05, 0) is 28.5 Å². The van der Waals surface area contributed by atoms with Crippen molar-refractivity contribution in [3.63, 3.8) is 0 Å². The number of benzene rings is 2. The lowest BCUT2D eigenvalue weighted by Crippen LogP contribution is -2.11. The van der Waals surface area contributed by atoms with Crippen molar-refractivity contribution >= 4 is 21.8 Å².